The van der Waals surface area contributed by atoms with Crippen molar-refractivity contribution in [1.82, 2.24) is 0 Å². The first-order chi connectivity index (χ1) is 8.58. The van der Waals surface area contributed by atoms with Crippen LogP contribution in [0, 0.1) is 0 Å². The lowest BCUT2D eigenvalue weighted by Gasteiger charge is -2.12. The van der Waals surface area contributed by atoms with Crippen molar-refractivity contribution in [3.8, 4) is 0 Å². The molecule has 2 rings (SSSR count). The van der Waals surface area contributed by atoms with Crippen LogP contribution in [0.1, 0.15) is 16.4 Å². The minimum atomic E-state index is -0.822. The van der Waals surface area contributed by atoms with Gasteiger partial charge in [-0.15, -0.1) is 11.3 Å². The van der Waals surface area contributed by atoms with Crippen molar-refractivity contribution < 1.29 is 9.90 Å². The molecule has 1 aromatic heterocycles. The quantitative estimate of drug-likeness (QED) is 0.881. The highest BCUT2D eigenvalue weighted by Crippen LogP contribution is 2.30. The second kappa shape index (κ2) is 5.87. The third-order valence-corrected chi connectivity index (χ3v) is 4.85. The van der Waals surface area contributed by atoms with E-state index in [1.807, 2.05) is 11.4 Å². The molecule has 1 unspecified atom stereocenters. The summed E-state index contributed by atoms with van der Waals surface area (Å²) in [6.07, 6.45) is 0.481. The first-order valence-electron chi connectivity index (χ1n) is 5.28. The molecule has 0 fully saturated rings. The smallest absolute Gasteiger partial charge is 0.311 e. The fourth-order valence-corrected chi connectivity index (χ4v) is 3.39. The fourth-order valence-electron chi connectivity index (χ4n) is 1.70. The van der Waals surface area contributed by atoms with Gasteiger partial charge in [-0.25, -0.2) is 0 Å². The Morgan fingerprint density at radius 3 is 2.50 bits per heavy atom. The summed E-state index contributed by atoms with van der Waals surface area (Å²) in [5.41, 5.74) is 0.771. The predicted octanol–water partition coefficient (Wildman–Crippen LogP) is 4.57. The van der Waals surface area contributed by atoms with E-state index in [9.17, 15) is 9.90 Å². The van der Waals surface area contributed by atoms with E-state index in [-0.39, 0.29) is 0 Å². The van der Waals surface area contributed by atoms with Crippen molar-refractivity contribution in [2.24, 2.45) is 0 Å². The molecule has 0 amide bonds. The number of rotatable bonds is 4. The van der Waals surface area contributed by atoms with Gasteiger partial charge in [0.05, 0.1) is 5.92 Å². The molecule has 0 radical (unpaired) electrons. The maximum Gasteiger partial charge on any atom is 0.311 e. The zero-order valence-corrected chi connectivity index (χ0v) is 12.4. The molecule has 94 valence electrons. The molecular weight excluding hydrogens is 336 g/mol. The Morgan fingerprint density at radius 1 is 1.33 bits per heavy atom. The standard InChI is InChI=1S/C13H10BrClO2S/c14-11-5-6-18-12(11)7-10(13(16)17)8-1-3-9(15)4-2-8/h1-6,10H,7H2,(H,16,17). The van der Waals surface area contributed by atoms with Crippen LogP contribution in [0.25, 0.3) is 0 Å². The predicted molar refractivity (Wildman–Crippen MR) is 77.6 cm³/mol. The van der Waals surface area contributed by atoms with Crippen LogP contribution in [-0.4, -0.2) is 11.1 Å². The minimum absolute atomic E-state index is 0.481. The molecular formula is C13H10BrClO2S. The minimum Gasteiger partial charge on any atom is -0.481 e. The largest absolute Gasteiger partial charge is 0.481 e. The normalized spacial score (nSPS) is 12.3. The summed E-state index contributed by atoms with van der Waals surface area (Å²) >= 11 is 10.8. The van der Waals surface area contributed by atoms with E-state index in [1.54, 1.807) is 35.6 Å². The Hall–Kier alpha value is -0.840. The van der Waals surface area contributed by atoms with Crippen LogP contribution >= 0.6 is 38.9 Å². The lowest BCUT2D eigenvalue weighted by molar-refractivity contribution is -0.138. The van der Waals surface area contributed by atoms with E-state index in [0.717, 1.165) is 14.9 Å². The summed E-state index contributed by atoms with van der Waals surface area (Å²) in [6, 6.07) is 8.90. The zero-order valence-electron chi connectivity index (χ0n) is 9.27. The van der Waals surface area contributed by atoms with Crippen LogP contribution in [0.5, 0.6) is 0 Å². The van der Waals surface area contributed by atoms with Crippen LogP contribution in [-0.2, 0) is 11.2 Å². The number of carboxylic acid groups (broad SMARTS) is 1. The average molecular weight is 346 g/mol. The van der Waals surface area contributed by atoms with E-state index in [4.69, 9.17) is 11.6 Å². The molecule has 0 aliphatic rings. The topological polar surface area (TPSA) is 37.3 Å². The van der Waals surface area contributed by atoms with Gasteiger partial charge >= 0.3 is 5.97 Å². The Bertz CT molecular complexity index is 550. The monoisotopic (exact) mass is 344 g/mol. The van der Waals surface area contributed by atoms with Gasteiger partial charge in [0.15, 0.2) is 0 Å². The Morgan fingerprint density at radius 2 is 2.00 bits per heavy atom. The van der Waals surface area contributed by atoms with Crippen molar-refractivity contribution in [2.45, 2.75) is 12.3 Å². The van der Waals surface area contributed by atoms with Crippen molar-refractivity contribution in [1.29, 1.82) is 0 Å². The second-order valence-electron chi connectivity index (χ2n) is 3.84. The summed E-state index contributed by atoms with van der Waals surface area (Å²) in [6.45, 7) is 0. The molecule has 1 heterocycles. The fraction of sp³-hybridized carbons (Fsp3) is 0.154. The van der Waals surface area contributed by atoms with Crippen LogP contribution < -0.4 is 0 Å². The van der Waals surface area contributed by atoms with Crippen molar-refractivity contribution in [3.05, 3.63) is 55.6 Å². The molecule has 1 N–H and O–H groups in total. The molecule has 1 aromatic carbocycles. The molecule has 0 bridgehead atoms. The highest BCUT2D eigenvalue weighted by molar-refractivity contribution is 9.10. The van der Waals surface area contributed by atoms with Gasteiger partial charge in [0.1, 0.15) is 0 Å². The number of halogens is 2. The molecule has 0 saturated carbocycles. The van der Waals surface area contributed by atoms with Gasteiger partial charge < -0.3 is 5.11 Å². The molecule has 0 saturated heterocycles. The summed E-state index contributed by atoms with van der Waals surface area (Å²) in [7, 11) is 0. The maximum atomic E-state index is 11.4. The molecule has 0 spiro atoms. The van der Waals surface area contributed by atoms with Gasteiger partial charge in [-0.3, -0.25) is 4.79 Å². The summed E-state index contributed by atoms with van der Waals surface area (Å²) in [5.74, 6) is -1.37. The van der Waals surface area contributed by atoms with Crippen LogP contribution in [0.4, 0.5) is 0 Å². The highest BCUT2D eigenvalue weighted by Gasteiger charge is 2.21. The molecule has 1 atom stereocenters. The Balaban J connectivity index is 2.27. The van der Waals surface area contributed by atoms with Crippen molar-refractivity contribution in [3.63, 3.8) is 0 Å². The molecule has 18 heavy (non-hydrogen) atoms. The SMILES string of the molecule is O=C(O)C(Cc1sccc1Br)c1ccc(Cl)cc1. The summed E-state index contributed by atoms with van der Waals surface area (Å²) in [4.78, 5) is 12.4. The lowest BCUT2D eigenvalue weighted by Crippen LogP contribution is -2.14. The molecule has 2 aromatic rings. The molecule has 0 aliphatic carbocycles. The second-order valence-corrected chi connectivity index (χ2v) is 6.13. The number of hydrogen-bond donors (Lipinski definition) is 1. The third kappa shape index (κ3) is 3.13. The van der Waals surface area contributed by atoms with Gasteiger partial charge in [0.2, 0.25) is 0 Å². The van der Waals surface area contributed by atoms with Crippen molar-refractivity contribution >= 4 is 44.8 Å². The number of hydrogen-bond acceptors (Lipinski definition) is 2. The molecule has 2 nitrogen and oxygen atoms in total. The average Bonchev–Trinajstić information content (AvgIpc) is 2.73. The van der Waals surface area contributed by atoms with Gasteiger partial charge in [-0.05, 0) is 45.1 Å². The van der Waals surface area contributed by atoms with Crippen molar-refractivity contribution in [2.75, 3.05) is 0 Å². The molecule has 5 heteroatoms. The van der Waals surface area contributed by atoms with E-state index >= 15 is 0 Å². The first kappa shape index (κ1) is 13.6. The highest BCUT2D eigenvalue weighted by atomic mass is 79.9. The summed E-state index contributed by atoms with van der Waals surface area (Å²) in [5, 5.41) is 11.9. The van der Waals surface area contributed by atoms with E-state index in [1.165, 1.54) is 0 Å². The summed E-state index contributed by atoms with van der Waals surface area (Å²) < 4.78 is 0.965. The van der Waals surface area contributed by atoms with Crippen LogP contribution in [0.2, 0.25) is 5.02 Å². The van der Waals surface area contributed by atoms with E-state index in [0.29, 0.717) is 11.4 Å². The van der Waals surface area contributed by atoms with E-state index in [2.05, 4.69) is 15.9 Å². The Labute approximate surface area is 122 Å². The maximum absolute atomic E-state index is 11.4. The van der Waals surface area contributed by atoms with Gasteiger partial charge in [0.25, 0.3) is 0 Å². The number of carbonyl (C=O) groups is 1. The zero-order chi connectivity index (χ0) is 13.1. The number of carboxylic acids is 1. The van der Waals surface area contributed by atoms with E-state index < -0.39 is 11.9 Å². The van der Waals surface area contributed by atoms with Gasteiger partial charge in [-0.2, -0.15) is 0 Å². The first-order valence-corrected chi connectivity index (χ1v) is 7.33. The molecule has 0 aliphatic heterocycles. The van der Waals surface area contributed by atoms with Crippen LogP contribution in [0.15, 0.2) is 40.2 Å². The number of thiophene rings is 1. The third-order valence-electron chi connectivity index (χ3n) is 2.65. The van der Waals surface area contributed by atoms with Gasteiger partial charge in [-0.1, -0.05) is 23.7 Å². The Kier molecular flexibility index (Phi) is 4.43. The number of aliphatic carboxylic acids is 1. The lowest BCUT2D eigenvalue weighted by atomic mass is 9.95. The van der Waals surface area contributed by atoms with Crippen LogP contribution in [0.3, 0.4) is 0 Å². The van der Waals surface area contributed by atoms with Gasteiger partial charge in [0, 0.05) is 20.8 Å². The number of benzene rings is 1.